The van der Waals surface area contributed by atoms with Crippen LogP contribution in [0.5, 0.6) is 0 Å². The molecule has 84 valence electrons. The van der Waals surface area contributed by atoms with E-state index in [1.165, 1.54) is 0 Å². The number of amides is 1. The van der Waals surface area contributed by atoms with Crippen LogP contribution in [0.4, 0.5) is 0 Å². The van der Waals surface area contributed by atoms with Crippen molar-refractivity contribution in [3.63, 3.8) is 0 Å². The lowest BCUT2D eigenvalue weighted by molar-refractivity contribution is -0.124. The lowest BCUT2D eigenvalue weighted by Crippen LogP contribution is -2.34. The summed E-state index contributed by atoms with van der Waals surface area (Å²) in [5, 5.41) is 12.0. The molecule has 0 heterocycles. The standard InChI is InChI=1S/C11H23NO2/c1-3-5-7-9-11(14)12-10(13)8-6-4-2/h11,14H,3-9H2,1-2H3,(H,12,13). The van der Waals surface area contributed by atoms with Gasteiger partial charge in [0.05, 0.1) is 0 Å². The first-order chi connectivity index (χ1) is 6.70. The quantitative estimate of drug-likeness (QED) is 0.467. The van der Waals surface area contributed by atoms with E-state index in [1.807, 2.05) is 6.92 Å². The number of carbonyl (C=O) groups excluding carboxylic acids is 1. The lowest BCUT2D eigenvalue weighted by Gasteiger charge is -2.12. The van der Waals surface area contributed by atoms with E-state index in [1.54, 1.807) is 0 Å². The minimum atomic E-state index is -0.647. The first kappa shape index (κ1) is 13.4. The van der Waals surface area contributed by atoms with Gasteiger partial charge in [-0.15, -0.1) is 0 Å². The van der Waals surface area contributed by atoms with Gasteiger partial charge in [-0.3, -0.25) is 4.79 Å². The van der Waals surface area contributed by atoms with E-state index in [9.17, 15) is 9.90 Å². The summed E-state index contributed by atoms with van der Waals surface area (Å²) in [5.41, 5.74) is 0. The van der Waals surface area contributed by atoms with Crippen LogP contribution in [0.3, 0.4) is 0 Å². The van der Waals surface area contributed by atoms with Crippen LogP contribution in [0, 0.1) is 0 Å². The first-order valence-electron chi connectivity index (χ1n) is 5.68. The van der Waals surface area contributed by atoms with Crippen molar-refractivity contribution in [2.45, 2.75) is 65.0 Å². The average molecular weight is 201 g/mol. The molecular formula is C11H23NO2. The van der Waals surface area contributed by atoms with Gasteiger partial charge in [0.2, 0.25) is 5.91 Å². The van der Waals surface area contributed by atoms with Crippen molar-refractivity contribution in [2.24, 2.45) is 0 Å². The van der Waals surface area contributed by atoms with Crippen molar-refractivity contribution in [2.75, 3.05) is 0 Å². The Morgan fingerprint density at radius 1 is 1.21 bits per heavy atom. The summed E-state index contributed by atoms with van der Waals surface area (Å²) in [6.45, 7) is 4.16. The molecule has 0 saturated carbocycles. The zero-order valence-electron chi connectivity index (χ0n) is 9.38. The molecular weight excluding hydrogens is 178 g/mol. The van der Waals surface area contributed by atoms with Crippen LogP contribution in [-0.4, -0.2) is 17.2 Å². The average Bonchev–Trinajstić information content (AvgIpc) is 2.15. The second kappa shape index (κ2) is 9.00. The van der Waals surface area contributed by atoms with Crippen molar-refractivity contribution in [1.82, 2.24) is 5.32 Å². The Bertz CT molecular complexity index is 148. The van der Waals surface area contributed by atoms with Crippen LogP contribution in [0.15, 0.2) is 0 Å². The molecule has 14 heavy (non-hydrogen) atoms. The molecule has 0 aromatic rings. The molecule has 0 aromatic heterocycles. The van der Waals surface area contributed by atoms with Gasteiger partial charge in [0.1, 0.15) is 6.23 Å². The summed E-state index contributed by atoms with van der Waals surface area (Å²) in [7, 11) is 0. The third-order valence-corrected chi connectivity index (χ3v) is 2.17. The molecule has 0 aliphatic heterocycles. The van der Waals surface area contributed by atoms with Crippen LogP contribution in [-0.2, 0) is 4.79 Å². The Morgan fingerprint density at radius 2 is 1.86 bits per heavy atom. The van der Waals surface area contributed by atoms with E-state index < -0.39 is 6.23 Å². The Balaban J connectivity index is 3.40. The van der Waals surface area contributed by atoms with Gasteiger partial charge in [0.25, 0.3) is 0 Å². The molecule has 0 aliphatic carbocycles. The monoisotopic (exact) mass is 201 g/mol. The Morgan fingerprint density at radius 3 is 2.43 bits per heavy atom. The molecule has 0 saturated heterocycles. The zero-order chi connectivity index (χ0) is 10.8. The smallest absolute Gasteiger partial charge is 0.221 e. The Labute approximate surface area is 86.9 Å². The number of hydrogen-bond acceptors (Lipinski definition) is 2. The molecule has 3 nitrogen and oxygen atoms in total. The van der Waals surface area contributed by atoms with E-state index in [0.29, 0.717) is 12.8 Å². The maximum atomic E-state index is 11.2. The van der Waals surface area contributed by atoms with E-state index in [4.69, 9.17) is 0 Å². The number of nitrogens with one attached hydrogen (secondary N) is 1. The third kappa shape index (κ3) is 8.05. The fraction of sp³-hybridized carbons (Fsp3) is 0.909. The second-order valence-electron chi connectivity index (χ2n) is 3.68. The number of rotatable bonds is 8. The van der Waals surface area contributed by atoms with Gasteiger partial charge in [0.15, 0.2) is 0 Å². The number of carbonyl (C=O) groups is 1. The van der Waals surface area contributed by atoms with E-state index in [2.05, 4.69) is 12.2 Å². The van der Waals surface area contributed by atoms with Gasteiger partial charge in [-0.2, -0.15) is 0 Å². The van der Waals surface area contributed by atoms with Crippen molar-refractivity contribution >= 4 is 5.91 Å². The summed E-state index contributed by atoms with van der Waals surface area (Å²) < 4.78 is 0. The highest BCUT2D eigenvalue weighted by Crippen LogP contribution is 2.02. The molecule has 1 atom stereocenters. The van der Waals surface area contributed by atoms with Crippen LogP contribution in [0.25, 0.3) is 0 Å². The molecule has 1 amide bonds. The van der Waals surface area contributed by atoms with Gasteiger partial charge in [-0.1, -0.05) is 33.1 Å². The molecule has 0 radical (unpaired) electrons. The summed E-state index contributed by atoms with van der Waals surface area (Å²) in [6, 6.07) is 0. The highest BCUT2D eigenvalue weighted by Gasteiger charge is 2.07. The molecule has 0 aromatic carbocycles. The summed E-state index contributed by atoms with van der Waals surface area (Å²) in [4.78, 5) is 11.2. The molecule has 2 N–H and O–H groups in total. The topological polar surface area (TPSA) is 49.3 Å². The number of aliphatic hydroxyl groups is 1. The zero-order valence-corrected chi connectivity index (χ0v) is 9.38. The Hall–Kier alpha value is -0.570. The van der Waals surface area contributed by atoms with Crippen molar-refractivity contribution < 1.29 is 9.90 Å². The summed E-state index contributed by atoms with van der Waals surface area (Å²) in [6.07, 6.45) is 5.69. The number of hydrogen-bond donors (Lipinski definition) is 2. The van der Waals surface area contributed by atoms with Gasteiger partial charge in [0, 0.05) is 6.42 Å². The highest BCUT2D eigenvalue weighted by molar-refractivity contribution is 5.75. The minimum Gasteiger partial charge on any atom is -0.374 e. The lowest BCUT2D eigenvalue weighted by atomic mass is 10.2. The van der Waals surface area contributed by atoms with Gasteiger partial charge < -0.3 is 10.4 Å². The van der Waals surface area contributed by atoms with Gasteiger partial charge >= 0.3 is 0 Å². The van der Waals surface area contributed by atoms with Crippen LogP contribution < -0.4 is 5.32 Å². The van der Waals surface area contributed by atoms with Crippen molar-refractivity contribution in [3.05, 3.63) is 0 Å². The SMILES string of the molecule is CCCCCC(O)NC(=O)CCCC. The van der Waals surface area contributed by atoms with E-state index >= 15 is 0 Å². The van der Waals surface area contributed by atoms with Crippen molar-refractivity contribution in [1.29, 1.82) is 0 Å². The van der Waals surface area contributed by atoms with Crippen LogP contribution in [0.2, 0.25) is 0 Å². The summed E-state index contributed by atoms with van der Waals surface area (Å²) in [5.74, 6) is -0.0316. The Kier molecular flexibility index (Phi) is 8.64. The minimum absolute atomic E-state index is 0.0316. The third-order valence-electron chi connectivity index (χ3n) is 2.17. The largest absolute Gasteiger partial charge is 0.374 e. The molecule has 3 heteroatoms. The van der Waals surface area contributed by atoms with E-state index in [-0.39, 0.29) is 5.91 Å². The first-order valence-corrected chi connectivity index (χ1v) is 5.68. The van der Waals surface area contributed by atoms with Crippen LogP contribution >= 0.6 is 0 Å². The fourth-order valence-electron chi connectivity index (χ4n) is 1.26. The molecule has 1 unspecified atom stereocenters. The van der Waals surface area contributed by atoms with E-state index in [0.717, 1.165) is 32.1 Å². The molecule has 0 rings (SSSR count). The summed E-state index contributed by atoms with van der Waals surface area (Å²) >= 11 is 0. The molecule has 0 bridgehead atoms. The number of aliphatic hydroxyl groups excluding tert-OH is 1. The number of unbranched alkanes of at least 4 members (excludes halogenated alkanes) is 3. The highest BCUT2D eigenvalue weighted by atomic mass is 16.3. The van der Waals surface area contributed by atoms with Crippen molar-refractivity contribution in [3.8, 4) is 0 Å². The molecule has 0 spiro atoms. The second-order valence-corrected chi connectivity index (χ2v) is 3.68. The molecule has 0 fully saturated rings. The predicted molar refractivity (Wildman–Crippen MR) is 57.8 cm³/mol. The van der Waals surface area contributed by atoms with Gasteiger partial charge in [-0.05, 0) is 19.3 Å². The molecule has 0 aliphatic rings. The normalized spacial score (nSPS) is 12.5. The maximum absolute atomic E-state index is 11.2. The predicted octanol–water partition coefficient (Wildman–Crippen LogP) is 2.19. The maximum Gasteiger partial charge on any atom is 0.221 e. The van der Waals surface area contributed by atoms with Crippen LogP contribution in [0.1, 0.15) is 58.8 Å². The van der Waals surface area contributed by atoms with Gasteiger partial charge in [-0.25, -0.2) is 0 Å². The fourth-order valence-corrected chi connectivity index (χ4v) is 1.26.